The molecule has 14 heavy (non-hydrogen) atoms. The van der Waals surface area contributed by atoms with Crippen molar-refractivity contribution in [1.29, 1.82) is 0 Å². The number of nitrogens with zero attached hydrogens (tertiary/aromatic N) is 1. The molecule has 0 aromatic carbocycles. The minimum atomic E-state index is -1.74. The van der Waals surface area contributed by atoms with Gasteiger partial charge in [0, 0.05) is 25.9 Å². The lowest BCUT2D eigenvalue weighted by molar-refractivity contribution is -0.132. The van der Waals surface area contributed by atoms with Crippen LogP contribution in [0.2, 0.25) is 0 Å². The van der Waals surface area contributed by atoms with Crippen LogP contribution in [0.15, 0.2) is 0 Å². The number of piperidine rings is 1. The van der Waals surface area contributed by atoms with E-state index in [1.54, 1.807) is 0 Å². The fourth-order valence-electron chi connectivity index (χ4n) is 1.47. The summed E-state index contributed by atoms with van der Waals surface area (Å²) in [6.07, 6.45) is 0.492. The quantitative estimate of drug-likeness (QED) is 0.737. The van der Waals surface area contributed by atoms with Crippen LogP contribution in [0, 0.1) is 0 Å². The highest BCUT2D eigenvalue weighted by atomic mass is 19.1. The van der Waals surface area contributed by atoms with Crippen LogP contribution in [0.25, 0.3) is 0 Å². The van der Waals surface area contributed by atoms with E-state index in [1.807, 2.05) is 20.8 Å². The minimum Gasteiger partial charge on any atom is -0.367 e. The Bertz CT molecular complexity index is 177. The molecule has 1 aliphatic heterocycles. The summed E-state index contributed by atoms with van der Waals surface area (Å²) in [6, 6.07) is 0. The van der Waals surface area contributed by atoms with Crippen molar-refractivity contribution in [2.45, 2.75) is 39.3 Å². The van der Waals surface area contributed by atoms with Crippen molar-refractivity contribution in [3.63, 3.8) is 0 Å². The van der Waals surface area contributed by atoms with Gasteiger partial charge >= 0.3 is 0 Å². The maximum atomic E-state index is 13.5. The Labute approximate surface area is 85.5 Å². The first-order valence-corrected chi connectivity index (χ1v) is 5.29. The van der Waals surface area contributed by atoms with Gasteiger partial charge in [0.15, 0.2) is 5.67 Å². The van der Waals surface area contributed by atoms with Gasteiger partial charge in [-0.15, -0.1) is 0 Å². The topological polar surface area (TPSA) is 46.3 Å². The summed E-state index contributed by atoms with van der Waals surface area (Å²) >= 11 is 0. The van der Waals surface area contributed by atoms with Crippen LogP contribution in [0.3, 0.4) is 0 Å². The zero-order valence-corrected chi connectivity index (χ0v) is 9.35. The van der Waals surface area contributed by atoms with E-state index in [2.05, 4.69) is 4.90 Å². The van der Waals surface area contributed by atoms with Gasteiger partial charge < -0.3 is 10.6 Å². The van der Waals surface area contributed by atoms with Crippen molar-refractivity contribution in [2.24, 2.45) is 5.73 Å². The van der Waals surface area contributed by atoms with Gasteiger partial charge in [0.1, 0.15) is 0 Å². The third kappa shape index (κ3) is 3.25. The Morgan fingerprint density at radius 2 is 1.86 bits per heavy atom. The fourth-order valence-corrected chi connectivity index (χ4v) is 1.47. The zero-order valence-electron chi connectivity index (χ0n) is 9.35. The normalized spacial score (nSPS) is 20.9. The van der Waals surface area contributed by atoms with Crippen molar-refractivity contribution in [3.8, 4) is 0 Å². The first kappa shape index (κ1) is 13.4. The summed E-state index contributed by atoms with van der Waals surface area (Å²) in [6.45, 7) is 8.20. The maximum absolute atomic E-state index is 13.5. The van der Waals surface area contributed by atoms with Crippen LogP contribution in [-0.4, -0.2) is 36.1 Å². The van der Waals surface area contributed by atoms with Gasteiger partial charge in [-0.2, -0.15) is 0 Å². The highest BCUT2D eigenvalue weighted by molar-refractivity contribution is 5.83. The average Bonchev–Trinajstić information content (AvgIpc) is 2.22. The van der Waals surface area contributed by atoms with Crippen LogP contribution in [0.1, 0.15) is 33.6 Å². The van der Waals surface area contributed by atoms with Crippen LogP contribution >= 0.6 is 0 Å². The molecule has 4 heteroatoms. The van der Waals surface area contributed by atoms with E-state index in [0.29, 0.717) is 13.1 Å². The van der Waals surface area contributed by atoms with Crippen LogP contribution < -0.4 is 5.73 Å². The third-order valence-electron chi connectivity index (χ3n) is 2.54. The highest BCUT2D eigenvalue weighted by Gasteiger charge is 2.39. The van der Waals surface area contributed by atoms with Gasteiger partial charge in [0.25, 0.3) is 5.91 Å². The van der Waals surface area contributed by atoms with Crippen molar-refractivity contribution in [3.05, 3.63) is 0 Å². The zero-order chi connectivity index (χ0) is 11.2. The number of carbonyl (C=O) groups excluding carboxylic acids is 1. The number of carbonyl (C=O) groups is 1. The van der Waals surface area contributed by atoms with Crippen molar-refractivity contribution >= 4 is 5.91 Å². The molecular weight excluding hydrogens is 183 g/mol. The number of likely N-dealkylation sites (tertiary alicyclic amines) is 1. The second-order valence-corrected chi connectivity index (χ2v) is 3.26. The number of nitrogens with two attached hydrogens (primary N) is 1. The second-order valence-electron chi connectivity index (χ2n) is 3.26. The van der Waals surface area contributed by atoms with Crippen LogP contribution in [0.5, 0.6) is 0 Å². The number of amides is 1. The number of rotatable bonds is 2. The number of alkyl halides is 1. The first-order chi connectivity index (χ1) is 6.58. The van der Waals surface area contributed by atoms with E-state index in [4.69, 9.17) is 5.73 Å². The smallest absolute Gasteiger partial charge is 0.255 e. The Kier molecular flexibility index (Phi) is 5.69. The van der Waals surface area contributed by atoms with Gasteiger partial charge in [0.05, 0.1) is 0 Å². The van der Waals surface area contributed by atoms with E-state index >= 15 is 0 Å². The minimum absolute atomic E-state index is 0.246. The number of hydrogen-bond donors (Lipinski definition) is 1. The Morgan fingerprint density at radius 3 is 2.14 bits per heavy atom. The molecule has 1 fully saturated rings. The largest absolute Gasteiger partial charge is 0.367 e. The van der Waals surface area contributed by atoms with E-state index in [1.165, 1.54) is 0 Å². The number of primary amides is 1. The molecule has 1 rings (SSSR count). The Morgan fingerprint density at radius 1 is 1.43 bits per heavy atom. The molecule has 0 aromatic heterocycles. The Hall–Kier alpha value is -0.640. The molecule has 0 radical (unpaired) electrons. The molecule has 1 amide bonds. The third-order valence-corrected chi connectivity index (χ3v) is 2.54. The maximum Gasteiger partial charge on any atom is 0.255 e. The Balaban J connectivity index is 0.000000791. The van der Waals surface area contributed by atoms with E-state index in [9.17, 15) is 9.18 Å². The lowest BCUT2D eigenvalue weighted by Gasteiger charge is -2.33. The van der Waals surface area contributed by atoms with Crippen LogP contribution in [0.4, 0.5) is 4.39 Å². The summed E-state index contributed by atoms with van der Waals surface area (Å²) < 4.78 is 13.5. The van der Waals surface area contributed by atoms with E-state index < -0.39 is 11.6 Å². The molecule has 0 saturated carbocycles. The molecule has 1 aliphatic rings. The standard InChI is InChI=1S/C8H15FN2O.C2H6/c1-2-11-5-3-8(9,4-6-11)7(10)12;1-2/h2-6H2,1H3,(H2,10,12);1-2H3. The molecule has 0 atom stereocenters. The second kappa shape index (κ2) is 5.96. The predicted octanol–water partition coefficient (Wildman–Crippen LogP) is 1.32. The summed E-state index contributed by atoms with van der Waals surface area (Å²) in [5.74, 6) is -0.807. The van der Waals surface area contributed by atoms with E-state index in [0.717, 1.165) is 6.54 Å². The molecule has 0 aromatic rings. The molecule has 1 heterocycles. The summed E-state index contributed by atoms with van der Waals surface area (Å²) in [4.78, 5) is 12.8. The number of halogens is 1. The molecule has 2 N–H and O–H groups in total. The predicted molar refractivity (Wildman–Crippen MR) is 55.7 cm³/mol. The molecule has 0 unspecified atom stereocenters. The monoisotopic (exact) mass is 204 g/mol. The molecule has 1 saturated heterocycles. The SMILES string of the molecule is CC.CCN1CCC(F)(C(N)=O)CC1. The lowest BCUT2D eigenvalue weighted by Crippen LogP contribution is -2.49. The van der Waals surface area contributed by atoms with Gasteiger partial charge in [-0.25, -0.2) is 4.39 Å². The van der Waals surface area contributed by atoms with Gasteiger partial charge in [-0.1, -0.05) is 20.8 Å². The van der Waals surface area contributed by atoms with Crippen molar-refractivity contribution in [2.75, 3.05) is 19.6 Å². The van der Waals surface area contributed by atoms with Crippen LogP contribution in [-0.2, 0) is 4.79 Å². The first-order valence-electron chi connectivity index (χ1n) is 5.29. The summed E-state index contributed by atoms with van der Waals surface area (Å²) in [5, 5.41) is 0. The molecule has 84 valence electrons. The lowest BCUT2D eigenvalue weighted by atomic mass is 9.93. The molecule has 0 aliphatic carbocycles. The fraction of sp³-hybridized carbons (Fsp3) is 0.900. The molecule has 0 spiro atoms. The van der Waals surface area contributed by atoms with Crippen molar-refractivity contribution < 1.29 is 9.18 Å². The molecule has 0 bridgehead atoms. The summed E-state index contributed by atoms with van der Waals surface area (Å²) in [5.41, 5.74) is 3.21. The average molecular weight is 204 g/mol. The summed E-state index contributed by atoms with van der Waals surface area (Å²) in [7, 11) is 0. The van der Waals surface area contributed by atoms with Gasteiger partial charge in [-0.05, 0) is 6.54 Å². The number of hydrogen-bond acceptors (Lipinski definition) is 2. The van der Waals surface area contributed by atoms with Gasteiger partial charge in [-0.3, -0.25) is 4.79 Å². The van der Waals surface area contributed by atoms with E-state index in [-0.39, 0.29) is 12.8 Å². The van der Waals surface area contributed by atoms with Crippen molar-refractivity contribution in [1.82, 2.24) is 4.90 Å². The molecule has 3 nitrogen and oxygen atoms in total. The molecular formula is C10H21FN2O. The van der Waals surface area contributed by atoms with Gasteiger partial charge in [0.2, 0.25) is 0 Å². The highest BCUT2D eigenvalue weighted by Crippen LogP contribution is 2.25.